The fraction of sp³-hybridized carbons (Fsp3) is 0.250. The Kier molecular flexibility index (Phi) is 3.55. The molecule has 1 aliphatic heterocycles. The summed E-state index contributed by atoms with van der Waals surface area (Å²) in [6.07, 6.45) is 3.39. The van der Waals surface area contributed by atoms with Crippen molar-refractivity contribution in [3.05, 3.63) is 52.7 Å². The lowest BCUT2D eigenvalue weighted by atomic mass is 9.96. The SMILES string of the molecule is CC1CCc2ccccc2N1c1ncc(C(=O)O)cc1Cl. The number of rotatable bonds is 2. The van der Waals surface area contributed by atoms with E-state index in [1.165, 1.54) is 17.8 Å². The Bertz CT molecular complexity index is 702. The molecule has 2 aromatic rings. The van der Waals surface area contributed by atoms with Gasteiger partial charge in [0.1, 0.15) is 0 Å². The number of nitrogens with zero attached hydrogens (tertiary/aromatic N) is 2. The van der Waals surface area contributed by atoms with Crippen LogP contribution in [0.3, 0.4) is 0 Å². The summed E-state index contributed by atoms with van der Waals surface area (Å²) in [5.74, 6) is -0.413. The molecule has 1 aromatic carbocycles. The summed E-state index contributed by atoms with van der Waals surface area (Å²) < 4.78 is 0. The van der Waals surface area contributed by atoms with Gasteiger partial charge in [-0.25, -0.2) is 9.78 Å². The molecule has 5 heteroatoms. The van der Waals surface area contributed by atoms with Crippen LogP contribution in [0.4, 0.5) is 11.5 Å². The van der Waals surface area contributed by atoms with Gasteiger partial charge in [-0.3, -0.25) is 0 Å². The number of benzene rings is 1. The number of hydrogen-bond acceptors (Lipinski definition) is 3. The first-order valence-electron chi connectivity index (χ1n) is 6.84. The van der Waals surface area contributed by atoms with Crippen LogP contribution in [-0.4, -0.2) is 22.1 Å². The van der Waals surface area contributed by atoms with Gasteiger partial charge in [0.05, 0.1) is 10.6 Å². The van der Waals surface area contributed by atoms with E-state index in [2.05, 4.69) is 22.9 Å². The van der Waals surface area contributed by atoms with E-state index < -0.39 is 5.97 Å². The number of aryl methyl sites for hydroxylation is 1. The standard InChI is InChI=1S/C16H15ClN2O2/c1-10-6-7-11-4-2-3-5-14(11)19(10)15-13(17)8-12(9-18-15)16(20)21/h2-5,8-10H,6-7H2,1H3,(H,20,21). The Morgan fingerprint density at radius 2 is 2.19 bits per heavy atom. The third kappa shape index (κ3) is 2.47. The predicted molar refractivity (Wildman–Crippen MR) is 82.6 cm³/mol. The molecule has 3 rings (SSSR count). The molecule has 1 N–H and O–H groups in total. The van der Waals surface area contributed by atoms with E-state index >= 15 is 0 Å². The zero-order chi connectivity index (χ0) is 15.0. The Hall–Kier alpha value is -2.07. The van der Waals surface area contributed by atoms with Gasteiger partial charge in [-0.1, -0.05) is 29.8 Å². The van der Waals surface area contributed by atoms with E-state index in [0.29, 0.717) is 10.8 Å². The Balaban J connectivity index is 2.09. The van der Waals surface area contributed by atoms with Crippen molar-refractivity contribution in [2.45, 2.75) is 25.8 Å². The lowest BCUT2D eigenvalue weighted by molar-refractivity contribution is 0.0696. The summed E-state index contributed by atoms with van der Waals surface area (Å²) >= 11 is 6.27. The highest BCUT2D eigenvalue weighted by Gasteiger charge is 2.26. The molecule has 0 saturated heterocycles. The molecule has 0 radical (unpaired) electrons. The molecule has 1 aromatic heterocycles. The number of anilines is 2. The summed E-state index contributed by atoms with van der Waals surface area (Å²) in [5.41, 5.74) is 2.45. The van der Waals surface area contributed by atoms with Gasteiger partial charge in [0, 0.05) is 17.9 Å². The number of pyridine rings is 1. The fourth-order valence-corrected chi connectivity index (χ4v) is 2.99. The summed E-state index contributed by atoms with van der Waals surface area (Å²) in [5, 5.41) is 9.37. The van der Waals surface area contributed by atoms with Crippen LogP contribution < -0.4 is 4.90 Å². The van der Waals surface area contributed by atoms with E-state index in [9.17, 15) is 4.79 Å². The number of fused-ring (bicyclic) bond motifs is 1. The van der Waals surface area contributed by atoms with Crippen molar-refractivity contribution >= 4 is 29.1 Å². The van der Waals surface area contributed by atoms with E-state index in [4.69, 9.17) is 16.7 Å². The van der Waals surface area contributed by atoms with Crippen LogP contribution >= 0.6 is 11.6 Å². The van der Waals surface area contributed by atoms with E-state index in [-0.39, 0.29) is 11.6 Å². The molecule has 0 fully saturated rings. The van der Waals surface area contributed by atoms with Gasteiger partial charge >= 0.3 is 5.97 Å². The molecule has 4 nitrogen and oxygen atoms in total. The number of carbonyl (C=O) groups is 1. The minimum absolute atomic E-state index is 0.0988. The van der Waals surface area contributed by atoms with Crippen molar-refractivity contribution < 1.29 is 9.90 Å². The van der Waals surface area contributed by atoms with Crippen LogP contribution in [0.2, 0.25) is 5.02 Å². The van der Waals surface area contributed by atoms with Gasteiger partial charge in [0.2, 0.25) is 0 Å². The molecule has 21 heavy (non-hydrogen) atoms. The minimum Gasteiger partial charge on any atom is -0.478 e. The zero-order valence-electron chi connectivity index (χ0n) is 11.6. The van der Waals surface area contributed by atoms with E-state index in [1.54, 1.807) is 0 Å². The van der Waals surface area contributed by atoms with Gasteiger partial charge in [-0.15, -0.1) is 0 Å². The van der Waals surface area contributed by atoms with Gasteiger partial charge in [0.15, 0.2) is 5.82 Å². The van der Waals surface area contributed by atoms with Gasteiger partial charge in [-0.05, 0) is 37.5 Å². The second-order valence-corrected chi connectivity index (χ2v) is 5.63. The van der Waals surface area contributed by atoms with Crippen molar-refractivity contribution in [3.8, 4) is 0 Å². The largest absolute Gasteiger partial charge is 0.478 e. The van der Waals surface area contributed by atoms with Crippen molar-refractivity contribution in [1.82, 2.24) is 4.98 Å². The second-order valence-electron chi connectivity index (χ2n) is 5.22. The maximum absolute atomic E-state index is 11.0. The van der Waals surface area contributed by atoms with Crippen LogP contribution in [0.1, 0.15) is 29.3 Å². The van der Waals surface area contributed by atoms with Crippen molar-refractivity contribution in [2.75, 3.05) is 4.90 Å². The number of hydrogen-bond donors (Lipinski definition) is 1. The number of aromatic nitrogens is 1. The molecule has 0 amide bonds. The quantitative estimate of drug-likeness (QED) is 0.914. The summed E-state index contributed by atoms with van der Waals surface area (Å²) in [6.45, 7) is 2.12. The Morgan fingerprint density at radius 1 is 1.43 bits per heavy atom. The van der Waals surface area contributed by atoms with Gasteiger partial charge < -0.3 is 10.0 Å². The predicted octanol–water partition coefficient (Wildman–Crippen LogP) is 3.91. The molecule has 108 valence electrons. The molecule has 0 saturated carbocycles. The number of carboxylic acid groups (broad SMARTS) is 1. The highest BCUT2D eigenvalue weighted by atomic mass is 35.5. The zero-order valence-corrected chi connectivity index (χ0v) is 12.3. The topological polar surface area (TPSA) is 53.4 Å². The van der Waals surface area contributed by atoms with E-state index in [0.717, 1.165) is 18.5 Å². The minimum atomic E-state index is -1.02. The normalized spacial score (nSPS) is 17.4. The molecule has 1 atom stereocenters. The monoisotopic (exact) mass is 302 g/mol. The van der Waals surface area contributed by atoms with Crippen LogP contribution in [0.25, 0.3) is 0 Å². The third-order valence-electron chi connectivity index (χ3n) is 3.82. The molecule has 1 unspecified atom stereocenters. The summed E-state index contributed by atoms with van der Waals surface area (Å²) in [6, 6.07) is 9.89. The highest BCUT2D eigenvalue weighted by molar-refractivity contribution is 6.33. The van der Waals surface area contributed by atoms with Crippen molar-refractivity contribution in [3.63, 3.8) is 0 Å². The summed E-state index contributed by atoms with van der Waals surface area (Å²) in [4.78, 5) is 17.4. The van der Waals surface area contributed by atoms with Crippen molar-refractivity contribution in [1.29, 1.82) is 0 Å². The first-order valence-corrected chi connectivity index (χ1v) is 7.21. The molecular formula is C16H15ClN2O2. The van der Waals surface area contributed by atoms with Crippen molar-refractivity contribution in [2.24, 2.45) is 0 Å². The van der Waals surface area contributed by atoms with Crippen LogP contribution in [-0.2, 0) is 6.42 Å². The number of carboxylic acids is 1. The molecule has 2 heterocycles. The number of aromatic carboxylic acids is 1. The number of para-hydroxylation sites is 1. The van der Waals surface area contributed by atoms with Gasteiger partial charge in [-0.2, -0.15) is 0 Å². The molecular weight excluding hydrogens is 288 g/mol. The first-order chi connectivity index (χ1) is 10.1. The first kappa shape index (κ1) is 13.9. The molecule has 0 spiro atoms. The Morgan fingerprint density at radius 3 is 2.90 bits per heavy atom. The van der Waals surface area contributed by atoms with Crippen LogP contribution in [0.15, 0.2) is 36.5 Å². The lowest BCUT2D eigenvalue weighted by Crippen LogP contribution is -2.34. The lowest BCUT2D eigenvalue weighted by Gasteiger charge is -2.36. The maximum Gasteiger partial charge on any atom is 0.337 e. The van der Waals surface area contributed by atoms with Crippen LogP contribution in [0, 0.1) is 0 Å². The Labute approximate surface area is 128 Å². The smallest absolute Gasteiger partial charge is 0.337 e. The van der Waals surface area contributed by atoms with Crippen LogP contribution in [0.5, 0.6) is 0 Å². The maximum atomic E-state index is 11.0. The number of halogens is 1. The molecule has 0 aliphatic carbocycles. The highest BCUT2D eigenvalue weighted by Crippen LogP contribution is 2.38. The average Bonchev–Trinajstić information content (AvgIpc) is 2.48. The van der Waals surface area contributed by atoms with E-state index in [1.807, 2.05) is 18.2 Å². The average molecular weight is 303 g/mol. The molecule has 1 aliphatic rings. The second kappa shape index (κ2) is 5.37. The molecule has 0 bridgehead atoms. The third-order valence-corrected chi connectivity index (χ3v) is 4.10. The fourth-order valence-electron chi connectivity index (χ4n) is 2.74. The summed E-state index contributed by atoms with van der Waals surface area (Å²) in [7, 11) is 0. The van der Waals surface area contributed by atoms with Gasteiger partial charge in [0.25, 0.3) is 0 Å².